The number of fused-ring (bicyclic) bond motifs is 3. The number of hydrogen-bond acceptors (Lipinski definition) is 0. The molecule has 0 aliphatic heterocycles. The van der Waals surface area contributed by atoms with Crippen molar-refractivity contribution in [3.8, 4) is 0 Å². The van der Waals surface area contributed by atoms with Crippen LogP contribution in [-0.2, 0) is 0 Å². The van der Waals surface area contributed by atoms with Crippen LogP contribution in [0.15, 0.2) is 0 Å². The first-order chi connectivity index (χ1) is 13.8. The molecular formula is C28H52. The van der Waals surface area contributed by atoms with Crippen LogP contribution in [0.1, 0.15) is 142 Å². The molecule has 0 heteroatoms. The SMILES string of the molecule is CCCCCCCC1CCC2C(CCC3CC(CCCCCCC)CCC32)C1. The van der Waals surface area contributed by atoms with Gasteiger partial charge in [0.25, 0.3) is 0 Å². The molecule has 0 N–H and O–H groups in total. The van der Waals surface area contributed by atoms with E-state index in [2.05, 4.69) is 13.8 Å². The molecule has 28 heavy (non-hydrogen) atoms. The molecule has 164 valence electrons. The predicted octanol–water partition coefficient (Wildman–Crippen LogP) is 9.57. The Morgan fingerprint density at radius 3 is 1.32 bits per heavy atom. The van der Waals surface area contributed by atoms with Gasteiger partial charge < -0.3 is 0 Å². The van der Waals surface area contributed by atoms with E-state index in [1.54, 1.807) is 64.2 Å². The predicted molar refractivity (Wildman–Crippen MR) is 125 cm³/mol. The van der Waals surface area contributed by atoms with Gasteiger partial charge in [0.15, 0.2) is 0 Å². The number of hydrogen-bond donors (Lipinski definition) is 0. The summed E-state index contributed by atoms with van der Waals surface area (Å²) in [6.07, 6.45) is 30.6. The normalized spacial score (nSPS) is 35.4. The van der Waals surface area contributed by atoms with Gasteiger partial charge in [-0.25, -0.2) is 0 Å². The van der Waals surface area contributed by atoms with Crippen LogP contribution < -0.4 is 0 Å². The maximum Gasteiger partial charge on any atom is -0.0355 e. The number of unbranched alkanes of at least 4 members (excludes halogenated alkanes) is 8. The van der Waals surface area contributed by atoms with Crippen molar-refractivity contribution in [2.45, 2.75) is 142 Å². The van der Waals surface area contributed by atoms with E-state index < -0.39 is 0 Å². The highest BCUT2D eigenvalue weighted by molar-refractivity contribution is 4.94. The van der Waals surface area contributed by atoms with Gasteiger partial charge in [-0.15, -0.1) is 0 Å². The summed E-state index contributed by atoms with van der Waals surface area (Å²) in [5.41, 5.74) is 0. The Morgan fingerprint density at radius 1 is 0.464 bits per heavy atom. The third kappa shape index (κ3) is 6.77. The molecule has 0 spiro atoms. The molecule has 0 bridgehead atoms. The van der Waals surface area contributed by atoms with E-state index in [0.717, 1.165) is 35.5 Å². The van der Waals surface area contributed by atoms with E-state index in [1.807, 2.05) is 0 Å². The lowest BCUT2D eigenvalue weighted by molar-refractivity contribution is -0.00461. The lowest BCUT2D eigenvalue weighted by Crippen LogP contribution is -2.41. The average Bonchev–Trinajstić information content (AvgIpc) is 2.73. The Morgan fingerprint density at radius 2 is 0.893 bits per heavy atom. The first-order valence-corrected chi connectivity index (χ1v) is 13.8. The van der Waals surface area contributed by atoms with Gasteiger partial charge in [0.2, 0.25) is 0 Å². The second-order valence-corrected chi connectivity index (χ2v) is 11.2. The van der Waals surface area contributed by atoms with Crippen molar-refractivity contribution < 1.29 is 0 Å². The van der Waals surface area contributed by atoms with Crippen molar-refractivity contribution in [2.75, 3.05) is 0 Å². The van der Waals surface area contributed by atoms with Gasteiger partial charge in [-0.2, -0.15) is 0 Å². The smallest absolute Gasteiger partial charge is 0.0355 e. The Bertz CT molecular complexity index is 361. The topological polar surface area (TPSA) is 0 Å². The van der Waals surface area contributed by atoms with E-state index in [-0.39, 0.29) is 0 Å². The minimum Gasteiger partial charge on any atom is -0.0654 e. The molecule has 0 aromatic heterocycles. The molecule has 0 nitrogen and oxygen atoms in total. The van der Waals surface area contributed by atoms with Gasteiger partial charge in [-0.3, -0.25) is 0 Å². The number of rotatable bonds is 12. The summed E-state index contributed by atoms with van der Waals surface area (Å²) in [7, 11) is 0. The van der Waals surface area contributed by atoms with Gasteiger partial charge in [0.05, 0.1) is 0 Å². The summed E-state index contributed by atoms with van der Waals surface area (Å²) in [6, 6.07) is 0. The molecule has 0 amide bonds. The molecule has 3 fully saturated rings. The van der Waals surface area contributed by atoms with Crippen molar-refractivity contribution in [2.24, 2.45) is 35.5 Å². The third-order valence-corrected chi connectivity index (χ3v) is 9.19. The summed E-state index contributed by atoms with van der Waals surface area (Å²) in [5.74, 6) is 6.72. The summed E-state index contributed by atoms with van der Waals surface area (Å²) in [6.45, 7) is 4.66. The second kappa shape index (κ2) is 12.6. The van der Waals surface area contributed by atoms with E-state index in [1.165, 1.54) is 64.2 Å². The Hall–Kier alpha value is 0. The van der Waals surface area contributed by atoms with Crippen LogP contribution in [0.3, 0.4) is 0 Å². The van der Waals surface area contributed by atoms with Crippen molar-refractivity contribution in [1.29, 1.82) is 0 Å². The summed E-state index contributed by atoms with van der Waals surface area (Å²) < 4.78 is 0. The minimum absolute atomic E-state index is 1.10. The van der Waals surface area contributed by atoms with Gasteiger partial charge in [0, 0.05) is 0 Å². The van der Waals surface area contributed by atoms with Gasteiger partial charge in [0.1, 0.15) is 0 Å². The van der Waals surface area contributed by atoms with Gasteiger partial charge in [-0.05, 0) is 74.0 Å². The van der Waals surface area contributed by atoms with Crippen LogP contribution in [0.4, 0.5) is 0 Å². The molecule has 0 aromatic rings. The molecule has 3 rings (SSSR count). The average molecular weight is 389 g/mol. The Labute approximate surface area is 178 Å². The first kappa shape index (κ1) is 22.7. The van der Waals surface area contributed by atoms with Crippen molar-refractivity contribution >= 4 is 0 Å². The molecule has 0 heterocycles. The van der Waals surface area contributed by atoms with E-state index in [0.29, 0.717) is 0 Å². The standard InChI is InChI=1S/C28H52/c1-3-5-7-9-11-13-23-15-19-27-25(21-23)17-18-26-22-24(16-20-28(26)27)14-12-10-8-6-4-2/h23-28H,3-22H2,1-2H3. The molecular weight excluding hydrogens is 336 g/mol. The quantitative estimate of drug-likeness (QED) is 0.292. The zero-order chi connectivity index (χ0) is 19.6. The lowest BCUT2D eigenvalue weighted by atomic mass is 9.55. The summed E-state index contributed by atoms with van der Waals surface area (Å²) in [4.78, 5) is 0. The highest BCUT2D eigenvalue weighted by Crippen LogP contribution is 2.54. The maximum atomic E-state index is 2.33. The van der Waals surface area contributed by atoms with Crippen LogP contribution >= 0.6 is 0 Å². The molecule has 3 aliphatic rings. The zero-order valence-corrected chi connectivity index (χ0v) is 19.6. The molecule has 0 saturated heterocycles. The molecule has 0 radical (unpaired) electrons. The third-order valence-electron chi connectivity index (χ3n) is 9.19. The van der Waals surface area contributed by atoms with Crippen LogP contribution in [0.25, 0.3) is 0 Å². The van der Waals surface area contributed by atoms with Crippen LogP contribution in [-0.4, -0.2) is 0 Å². The minimum atomic E-state index is 1.10. The highest BCUT2D eigenvalue weighted by atomic mass is 14.5. The Balaban J connectivity index is 1.35. The van der Waals surface area contributed by atoms with E-state index in [4.69, 9.17) is 0 Å². The fourth-order valence-corrected chi connectivity index (χ4v) is 7.59. The molecule has 0 aromatic carbocycles. The fraction of sp³-hybridized carbons (Fsp3) is 1.00. The molecule has 3 aliphatic carbocycles. The monoisotopic (exact) mass is 388 g/mol. The maximum absolute atomic E-state index is 2.33. The lowest BCUT2D eigenvalue weighted by Gasteiger charge is -2.51. The van der Waals surface area contributed by atoms with Crippen molar-refractivity contribution in [1.82, 2.24) is 0 Å². The van der Waals surface area contributed by atoms with Crippen LogP contribution in [0.5, 0.6) is 0 Å². The summed E-state index contributed by atoms with van der Waals surface area (Å²) in [5, 5.41) is 0. The second-order valence-electron chi connectivity index (χ2n) is 11.2. The molecule has 6 atom stereocenters. The van der Waals surface area contributed by atoms with Crippen molar-refractivity contribution in [3.05, 3.63) is 0 Å². The fourth-order valence-electron chi connectivity index (χ4n) is 7.59. The van der Waals surface area contributed by atoms with Gasteiger partial charge in [-0.1, -0.05) is 104 Å². The van der Waals surface area contributed by atoms with E-state index >= 15 is 0 Å². The Kier molecular flexibility index (Phi) is 10.2. The van der Waals surface area contributed by atoms with Crippen LogP contribution in [0, 0.1) is 35.5 Å². The summed E-state index contributed by atoms with van der Waals surface area (Å²) >= 11 is 0. The van der Waals surface area contributed by atoms with E-state index in [9.17, 15) is 0 Å². The van der Waals surface area contributed by atoms with Crippen LogP contribution in [0.2, 0.25) is 0 Å². The molecule has 3 saturated carbocycles. The zero-order valence-electron chi connectivity index (χ0n) is 19.6. The highest BCUT2D eigenvalue weighted by Gasteiger charge is 2.44. The first-order valence-electron chi connectivity index (χ1n) is 13.8. The van der Waals surface area contributed by atoms with Gasteiger partial charge >= 0.3 is 0 Å². The van der Waals surface area contributed by atoms with Crippen molar-refractivity contribution in [3.63, 3.8) is 0 Å². The molecule has 6 unspecified atom stereocenters. The largest absolute Gasteiger partial charge is 0.0654 e.